The zero-order chi connectivity index (χ0) is 24.4. The highest BCUT2D eigenvalue weighted by molar-refractivity contribution is 5.99. The van der Waals surface area contributed by atoms with Gasteiger partial charge >= 0.3 is 12.1 Å². The lowest BCUT2D eigenvalue weighted by molar-refractivity contribution is -0.121. The zero-order valence-electron chi connectivity index (χ0n) is 19.7. The average molecular weight is 485 g/mol. The number of hydrogen-bond acceptors (Lipinski definition) is 6. The van der Waals surface area contributed by atoms with Gasteiger partial charge in [0.25, 0.3) is 0 Å². The van der Waals surface area contributed by atoms with E-state index in [1.54, 1.807) is 24.3 Å². The lowest BCUT2D eigenvalue weighted by atomic mass is 9.76. The van der Waals surface area contributed by atoms with Gasteiger partial charge in [0.1, 0.15) is 18.2 Å². The predicted molar refractivity (Wildman–Crippen MR) is 127 cm³/mol. The van der Waals surface area contributed by atoms with E-state index >= 15 is 0 Å². The summed E-state index contributed by atoms with van der Waals surface area (Å²) in [5.41, 5.74) is 1.03. The fourth-order valence-corrected chi connectivity index (χ4v) is 5.88. The van der Waals surface area contributed by atoms with Crippen molar-refractivity contribution in [1.82, 2.24) is 4.90 Å². The van der Waals surface area contributed by atoms with E-state index in [2.05, 4.69) is 5.32 Å². The van der Waals surface area contributed by atoms with Crippen LogP contribution >= 0.6 is 0 Å². The number of rotatable bonds is 6. The summed E-state index contributed by atoms with van der Waals surface area (Å²) in [6, 6.07) is 6.00. The van der Waals surface area contributed by atoms with Crippen LogP contribution in [0, 0.1) is 11.8 Å². The van der Waals surface area contributed by atoms with Gasteiger partial charge in [0.05, 0.1) is 6.10 Å². The van der Waals surface area contributed by atoms with Crippen molar-refractivity contribution in [3.8, 4) is 0 Å². The van der Waals surface area contributed by atoms with Crippen LogP contribution in [0.2, 0.25) is 0 Å². The van der Waals surface area contributed by atoms with Crippen molar-refractivity contribution in [2.24, 2.45) is 11.8 Å². The van der Waals surface area contributed by atoms with Gasteiger partial charge in [-0.25, -0.2) is 9.59 Å². The van der Waals surface area contributed by atoms with Crippen LogP contribution in [0.3, 0.4) is 0 Å². The Kier molecular flexibility index (Phi) is 6.95. The van der Waals surface area contributed by atoms with E-state index in [0.717, 1.165) is 38.5 Å². The topological polar surface area (TPSA) is 118 Å². The summed E-state index contributed by atoms with van der Waals surface area (Å²) in [6.07, 6.45) is 7.01. The number of amides is 2. The van der Waals surface area contributed by atoms with Gasteiger partial charge in [-0.2, -0.15) is 0 Å². The normalized spacial score (nSPS) is 25.1. The summed E-state index contributed by atoms with van der Waals surface area (Å²) >= 11 is 0. The highest BCUT2D eigenvalue weighted by Crippen LogP contribution is 2.39. The summed E-state index contributed by atoms with van der Waals surface area (Å²) in [6.45, 7) is 1.27. The van der Waals surface area contributed by atoms with Crippen LogP contribution in [0.4, 0.5) is 10.5 Å². The molecule has 3 atom stereocenters. The molecule has 2 amide bonds. The van der Waals surface area contributed by atoms with E-state index in [0.29, 0.717) is 42.1 Å². The Labute approximate surface area is 203 Å². The molecular weight excluding hydrogens is 452 g/mol. The minimum absolute atomic E-state index is 0.0364. The largest absolute Gasteiger partial charge is 0.465 e. The molecule has 1 aromatic heterocycles. The Morgan fingerprint density at radius 3 is 2.63 bits per heavy atom. The van der Waals surface area contributed by atoms with Gasteiger partial charge < -0.3 is 24.3 Å². The zero-order valence-corrected chi connectivity index (χ0v) is 19.7. The predicted octanol–water partition coefficient (Wildman–Crippen LogP) is 4.66. The molecule has 2 aliphatic heterocycles. The van der Waals surface area contributed by atoms with E-state index in [-0.39, 0.29) is 30.3 Å². The Morgan fingerprint density at radius 1 is 1.06 bits per heavy atom. The van der Waals surface area contributed by atoms with Crippen LogP contribution < -0.4 is 5.32 Å². The van der Waals surface area contributed by atoms with Crippen LogP contribution in [-0.2, 0) is 14.3 Å². The Hall–Kier alpha value is -3.07. The number of ether oxygens (including phenoxy) is 2. The second kappa shape index (κ2) is 10.3. The van der Waals surface area contributed by atoms with Crippen LogP contribution in [0.5, 0.6) is 0 Å². The van der Waals surface area contributed by atoms with Crippen molar-refractivity contribution in [1.29, 1.82) is 0 Å². The number of furan rings is 1. The van der Waals surface area contributed by atoms with Crippen LogP contribution in [0.15, 0.2) is 28.7 Å². The fraction of sp³-hybridized carbons (Fsp3) is 0.577. The molecule has 2 N–H and O–H groups in total. The second-order valence-corrected chi connectivity index (χ2v) is 9.86. The van der Waals surface area contributed by atoms with Gasteiger partial charge in [0.2, 0.25) is 11.7 Å². The number of carboxylic acid groups (broad SMARTS) is 1. The molecule has 9 nitrogen and oxygen atoms in total. The van der Waals surface area contributed by atoms with Gasteiger partial charge in [0.15, 0.2) is 0 Å². The Balaban J connectivity index is 1.28. The first-order chi connectivity index (χ1) is 17.0. The number of likely N-dealkylation sites (tertiary alicyclic amines) is 1. The molecular formula is C26H32N2O7. The maximum atomic E-state index is 13.3. The molecule has 0 radical (unpaired) electrons. The Morgan fingerprint density at radius 2 is 1.89 bits per heavy atom. The number of anilines is 1. The highest BCUT2D eigenvalue weighted by Gasteiger charge is 2.45. The molecule has 2 aromatic rings. The van der Waals surface area contributed by atoms with Crippen LogP contribution in [0.1, 0.15) is 61.9 Å². The minimum Gasteiger partial charge on any atom is -0.465 e. The number of hydrogen-bond donors (Lipinski definition) is 2. The number of carbonyl (C=O) groups is 3. The van der Waals surface area contributed by atoms with Gasteiger partial charge in [-0.15, -0.1) is 0 Å². The molecule has 0 spiro atoms. The van der Waals surface area contributed by atoms with Crippen molar-refractivity contribution in [3.63, 3.8) is 0 Å². The number of nitrogens with one attached hydrogen (secondary N) is 1. The molecule has 35 heavy (non-hydrogen) atoms. The third-order valence-electron chi connectivity index (χ3n) is 7.62. The fourth-order valence-electron chi connectivity index (χ4n) is 5.88. The van der Waals surface area contributed by atoms with Gasteiger partial charge in [-0.3, -0.25) is 9.69 Å². The quantitative estimate of drug-likeness (QED) is 0.573. The van der Waals surface area contributed by atoms with E-state index in [1.165, 1.54) is 11.3 Å². The molecule has 1 saturated carbocycles. The van der Waals surface area contributed by atoms with E-state index in [1.807, 2.05) is 0 Å². The monoisotopic (exact) mass is 484 g/mol. The van der Waals surface area contributed by atoms with Crippen molar-refractivity contribution >= 4 is 34.6 Å². The molecule has 2 saturated heterocycles. The summed E-state index contributed by atoms with van der Waals surface area (Å²) < 4.78 is 16.4. The molecule has 3 heterocycles. The standard InChI is InChI=1S/C26H32N2O7/c29-24(23-20(10-11-28(23)26(31)32)16-5-2-1-3-6-16)27-18-8-9-21-17(13-18)14-22(35-21)25(30)34-15-19-7-4-12-33-19/h8-9,13-14,16,19-20,23H,1-7,10-12,15H2,(H,27,29)(H,31,32)/t19-,20-,23-/m0/s1. The van der Waals surface area contributed by atoms with Crippen LogP contribution in [0.25, 0.3) is 11.0 Å². The number of nitrogens with zero attached hydrogens (tertiary/aromatic N) is 1. The number of benzene rings is 1. The molecule has 0 unspecified atom stereocenters. The maximum Gasteiger partial charge on any atom is 0.407 e. The maximum absolute atomic E-state index is 13.3. The Bertz CT molecular complexity index is 1080. The van der Waals surface area contributed by atoms with Crippen molar-refractivity contribution in [2.45, 2.75) is 63.5 Å². The average Bonchev–Trinajstić information content (AvgIpc) is 3.62. The van der Waals surface area contributed by atoms with E-state index < -0.39 is 18.1 Å². The molecule has 0 bridgehead atoms. The minimum atomic E-state index is -1.06. The molecule has 5 rings (SSSR count). The molecule has 188 valence electrons. The van der Waals surface area contributed by atoms with E-state index in [4.69, 9.17) is 13.9 Å². The van der Waals surface area contributed by atoms with Crippen molar-refractivity contribution < 1.29 is 33.4 Å². The lowest BCUT2D eigenvalue weighted by Gasteiger charge is -2.32. The molecule has 3 aliphatic rings. The second-order valence-electron chi connectivity index (χ2n) is 9.86. The third kappa shape index (κ3) is 5.15. The number of fused-ring (bicyclic) bond motifs is 1. The molecule has 1 aromatic carbocycles. The molecule has 3 fully saturated rings. The molecule has 1 aliphatic carbocycles. The first-order valence-electron chi connectivity index (χ1n) is 12.6. The summed E-state index contributed by atoms with van der Waals surface area (Å²) in [5, 5.41) is 13.3. The highest BCUT2D eigenvalue weighted by atomic mass is 16.6. The number of esters is 1. The van der Waals surface area contributed by atoms with E-state index in [9.17, 15) is 19.5 Å². The summed E-state index contributed by atoms with van der Waals surface area (Å²) in [7, 11) is 0. The summed E-state index contributed by atoms with van der Waals surface area (Å²) in [5.74, 6) is -0.357. The van der Waals surface area contributed by atoms with Crippen molar-refractivity contribution in [2.75, 3.05) is 25.1 Å². The lowest BCUT2D eigenvalue weighted by Crippen LogP contribution is -2.47. The molecule has 9 heteroatoms. The van der Waals surface area contributed by atoms with Gasteiger partial charge in [0, 0.05) is 24.2 Å². The van der Waals surface area contributed by atoms with Crippen molar-refractivity contribution in [3.05, 3.63) is 30.0 Å². The van der Waals surface area contributed by atoms with Gasteiger partial charge in [-0.05, 0) is 55.4 Å². The van der Waals surface area contributed by atoms with Crippen LogP contribution in [-0.4, -0.2) is 59.9 Å². The smallest absolute Gasteiger partial charge is 0.407 e. The first kappa shape index (κ1) is 23.7. The van der Waals surface area contributed by atoms with Gasteiger partial charge in [-0.1, -0.05) is 32.1 Å². The summed E-state index contributed by atoms with van der Waals surface area (Å²) in [4.78, 5) is 38.9. The SMILES string of the molecule is O=C(OC[C@@H]1CCCO1)c1cc2cc(NC(=O)[C@@H]3[C@H](C4CCCCC4)CCN3C(=O)O)ccc2o1. The third-order valence-corrected chi connectivity index (χ3v) is 7.62. The first-order valence-corrected chi connectivity index (χ1v) is 12.6. The number of carbonyl (C=O) groups excluding carboxylic acids is 2.